The summed E-state index contributed by atoms with van der Waals surface area (Å²) in [4.78, 5) is 14.0. The van der Waals surface area contributed by atoms with Crippen LogP contribution in [0.5, 0.6) is 0 Å². The fourth-order valence-electron chi connectivity index (χ4n) is 2.36. The Hall–Kier alpha value is -1.39. The number of hydrogen-bond acceptors (Lipinski definition) is 3. The molecule has 0 saturated carbocycles. The predicted molar refractivity (Wildman–Crippen MR) is 74.8 cm³/mol. The fraction of sp³-hybridized carbons (Fsp3) is 0.533. The molecule has 1 aromatic rings. The highest BCUT2D eigenvalue weighted by Gasteiger charge is 2.20. The van der Waals surface area contributed by atoms with Gasteiger partial charge in [-0.15, -0.1) is 0 Å². The van der Waals surface area contributed by atoms with Gasteiger partial charge in [-0.2, -0.15) is 0 Å². The molecule has 104 valence electrons. The van der Waals surface area contributed by atoms with Crippen LogP contribution in [0.1, 0.15) is 18.4 Å². The number of benzene rings is 1. The summed E-state index contributed by atoms with van der Waals surface area (Å²) < 4.78 is 5.32. The lowest BCUT2D eigenvalue weighted by atomic mass is 10.1. The number of nitrogens with one attached hydrogen (secondary N) is 1. The largest absolute Gasteiger partial charge is 0.381 e. The third-order valence-electron chi connectivity index (χ3n) is 3.57. The van der Waals surface area contributed by atoms with Crippen LogP contribution in [0.25, 0.3) is 0 Å². The number of hydrogen-bond donors (Lipinski definition) is 1. The average molecular weight is 262 g/mol. The van der Waals surface area contributed by atoms with Crippen molar-refractivity contribution < 1.29 is 9.53 Å². The Kier molecular flexibility index (Phi) is 5.36. The van der Waals surface area contributed by atoms with E-state index in [1.165, 1.54) is 0 Å². The van der Waals surface area contributed by atoms with E-state index in [4.69, 9.17) is 4.74 Å². The third kappa shape index (κ3) is 4.65. The molecule has 1 fully saturated rings. The molecular weight excluding hydrogens is 240 g/mol. The van der Waals surface area contributed by atoms with Gasteiger partial charge in [0.05, 0.1) is 12.6 Å². The zero-order valence-corrected chi connectivity index (χ0v) is 11.5. The van der Waals surface area contributed by atoms with Crippen molar-refractivity contribution in [3.63, 3.8) is 0 Å². The Labute approximate surface area is 114 Å². The first-order chi connectivity index (χ1) is 9.28. The molecular formula is C15H22N2O2. The van der Waals surface area contributed by atoms with Crippen LogP contribution in [-0.2, 0) is 16.1 Å². The lowest BCUT2D eigenvalue weighted by molar-refractivity contribution is -0.123. The van der Waals surface area contributed by atoms with Crippen LogP contribution < -0.4 is 5.32 Å². The zero-order valence-electron chi connectivity index (χ0n) is 11.5. The quantitative estimate of drug-likeness (QED) is 0.872. The second-order valence-electron chi connectivity index (χ2n) is 4.97. The average Bonchev–Trinajstić information content (AvgIpc) is 2.47. The van der Waals surface area contributed by atoms with Crippen molar-refractivity contribution in [2.75, 3.05) is 26.7 Å². The molecule has 4 heteroatoms. The van der Waals surface area contributed by atoms with E-state index < -0.39 is 0 Å². The lowest BCUT2D eigenvalue weighted by Gasteiger charge is -2.30. The minimum Gasteiger partial charge on any atom is -0.381 e. The van der Waals surface area contributed by atoms with E-state index in [2.05, 4.69) is 10.2 Å². The van der Waals surface area contributed by atoms with E-state index in [1.807, 2.05) is 30.3 Å². The summed E-state index contributed by atoms with van der Waals surface area (Å²) in [5.74, 6) is 0.0970. The van der Waals surface area contributed by atoms with E-state index in [0.29, 0.717) is 19.2 Å². The number of likely N-dealkylation sites (tertiary alicyclic amines) is 1. The summed E-state index contributed by atoms with van der Waals surface area (Å²) in [6, 6.07) is 9.98. The number of methoxy groups -OCH3 is 1. The molecule has 1 aliphatic heterocycles. The number of carbonyl (C=O) groups excluding carboxylic acids is 1. The van der Waals surface area contributed by atoms with Gasteiger partial charge in [-0.05, 0) is 18.4 Å². The molecule has 4 nitrogen and oxygen atoms in total. The zero-order chi connectivity index (χ0) is 13.5. The molecule has 19 heavy (non-hydrogen) atoms. The maximum absolute atomic E-state index is 11.9. The topological polar surface area (TPSA) is 41.6 Å². The third-order valence-corrected chi connectivity index (χ3v) is 3.57. The Balaban J connectivity index is 1.67. The van der Waals surface area contributed by atoms with Gasteiger partial charge in [0.15, 0.2) is 0 Å². The Bertz CT molecular complexity index is 386. The molecule has 0 spiro atoms. The number of rotatable bonds is 5. The minimum absolute atomic E-state index is 0.0970. The first-order valence-corrected chi connectivity index (χ1v) is 6.83. The van der Waals surface area contributed by atoms with Gasteiger partial charge in [0.25, 0.3) is 0 Å². The molecule has 0 unspecified atom stereocenters. The number of amides is 1. The molecule has 1 aliphatic rings. The van der Waals surface area contributed by atoms with Gasteiger partial charge in [0.2, 0.25) is 5.91 Å². The first-order valence-electron chi connectivity index (χ1n) is 6.83. The monoisotopic (exact) mass is 262 g/mol. The van der Waals surface area contributed by atoms with Gasteiger partial charge in [-0.1, -0.05) is 30.3 Å². The molecule has 0 radical (unpaired) electrons. The molecule has 1 N–H and O–H groups in total. The Morgan fingerprint density at radius 1 is 1.32 bits per heavy atom. The van der Waals surface area contributed by atoms with Crippen molar-refractivity contribution in [1.82, 2.24) is 10.2 Å². The van der Waals surface area contributed by atoms with Gasteiger partial charge in [0.1, 0.15) is 0 Å². The highest BCUT2D eigenvalue weighted by atomic mass is 16.5. The normalized spacial score (nSPS) is 17.3. The van der Waals surface area contributed by atoms with E-state index in [1.54, 1.807) is 7.11 Å². The van der Waals surface area contributed by atoms with E-state index >= 15 is 0 Å². The van der Waals surface area contributed by atoms with Crippen LogP contribution in [-0.4, -0.2) is 43.7 Å². The summed E-state index contributed by atoms with van der Waals surface area (Å²) >= 11 is 0. The Morgan fingerprint density at radius 3 is 2.63 bits per heavy atom. The minimum atomic E-state index is 0.0970. The van der Waals surface area contributed by atoms with Crippen LogP contribution in [0.4, 0.5) is 0 Å². The van der Waals surface area contributed by atoms with Crippen LogP contribution in [0.2, 0.25) is 0 Å². The second kappa shape index (κ2) is 7.26. The van der Waals surface area contributed by atoms with Crippen molar-refractivity contribution in [2.45, 2.75) is 25.5 Å². The van der Waals surface area contributed by atoms with E-state index in [9.17, 15) is 4.79 Å². The SMILES string of the molecule is COC1CCN(CC(=O)NCc2ccccc2)CC1. The maximum atomic E-state index is 11.9. The van der Waals surface area contributed by atoms with E-state index in [-0.39, 0.29) is 5.91 Å². The van der Waals surface area contributed by atoms with Crippen molar-refractivity contribution in [3.8, 4) is 0 Å². The Morgan fingerprint density at radius 2 is 2.00 bits per heavy atom. The lowest BCUT2D eigenvalue weighted by Crippen LogP contribution is -2.42. The summed E-state index contributed by atoms with van der Waals surface area (Å²) in [6.07, 6.45) is 2.40. The van der Waals surface area contributed by atoms with Crippen molar-refractivity contribution in [3.05, 3.63) is 35.9 Å². The van der Waals surface area contributed by atoms with E-state index in [0.717, 1.165) is 31.5 Å². The van der Waals surface area contributed by atoms with Gasteiger partial charge in [0, 0.05) is 26.7 Å². The maximum Gasteiger partial charge on any atom is 0.234 e. The highest BCUT2D eigenvalue weighted by Crippen LogP contribution is 2.12. The number of piperidine rings is 1. The predicted octanol–water partition coefficient (Wildman–Crippen LogP) is 1.41. The number of carbonyl (C=O) groups is 1. The van der Waals surface area contributed by atoms with Crippen molar-refractivity contribution >= 4 is 5.91 Å². The standard InChI is InChI=1S/C15H22N2O2/c1-19-14-7-9-17(10-8-14)12-15(18)16-11-13-5-3-2-4-6-13/h2-6,14H,7-12H2,1H3,(H,16,18). The van der Waals surface area contributed by atoms with Crippen LogP contribution in [0, 0.1) is 0 Å². The van der Waals surface area contributed by atoms with Gasteiger partial charge >= 0.3 is 0 Å². The van der Waals surface area contributed by atoms with Gasteiger partial charge in [-0.25, -0.2) is 0 Å². The van der Waals surface area contributed by atoms with Crippen LogP contribution in [0.15, 0.2) is 30.3 Å². The molecule has 0 atom stereocenters. The molecule has 1 aromatic carbocycles. The molecule has 0 bridgehead atoms. The summed E-state index contributed by atoms with van der Waals surface area (Å²) in [5, 5.41) is 2.96. The van der Waals surface area contributed by atoms with Gasteiger partial charge in [-0.3, -0.25) is 9.69 Å². The summed E-state index contributed by atoms with van der Waals surface area (Å²) in [6.45, 7) is 2.98. The molecule has 1 amide bonds. The fourth-order valence-corrected chi connectivity index (χ4v) is 2.36. The summed E-state index contributed by atoms with van der Waals surface area (Å²) in [7, 11) is 1.76. The summed E-state index contributed by atoms with van der Waals surface area (Å²) in [5.41, 5.74) is 1.13. The van der Waals surface area contributed by atoms with Gasteiger partial charge < -0.3 is 10.1 Å². The van der Waals surface area contributed by atoms with Crippen molar-refractivity contribution in [1.29, 1.82) is 0 Å². The molecule has 2 rings (SSSR count). The molecule has 1 saturated heterocycles. The first kappa shape index (κ1) is 14.0. The molecule has 1 heterocycles. The van der Waals surface area contributed by atoms with Crippen LogP contribution in [0.3, 0.4) is 0 Å². The highest BCUT2D eigenvalue weighted by molar-refractivity contribution is 5.78. The smallest absolute Gasteiger partial charge is 0.234 e. The van der Waals surface area contributed by atoms with Crippen LogP contribution >= 0.6 is 0 Å². The number of nitrogens with zero attached hydrogens (tertiary/aromatic N) is 1. The molecule has 0 aliphatic carbocycles. The second-order valence-corrected chi connectivity index (χ2v) is 4.97. The van der Waals surface area contributed by atoms with Crippen molar-refractivity contribution in [2.24, 2.45) is 0 Å². The molecule has 0 aromatic heterocycles. The number of ether oxygens (including phenoxy) is 1.